The van der Waals surface area contributed by atoms with Gasteiger partial charge in [0.25, 0.3) is 0 Å². The van der Waals surface area contributed by atoms with Crippen molar-refractivity contribution in [2.75, 3.05) is 7.05 Å². The zero-order chi connectivity index (χ0) is 13.9. The lowest BCUT2D eigenvalue weighted by Crippen LogP contribution is -2.16. The first-order valence-corrected chi connectivity index (χ1v) is 7.03. The van der Waals surface area contributed by atoms with Crippen LogP contribution in [0.1, 0.15) is 29.9 Å². The van der Waals surface area contributed by atoms with Crippen molar-refractivity contribution in [3.05, 3.63) is 35.5 Å². The molecule has 1 N–H and O–H groups in total. The lowest BCUT2D eigenvalue weighted by molar-refractivity contribution is 0.265. The average Bonchev–Trinajstić information content (AvgIpc) is 3.00. The molecule has 2 aromatic rings. The third-order valence-electron chi connectivity index (χ3n) is 3.39. The summed E-state index contributed by atoms with van der Waals surface area (Å²) in [7, 11) is 4.00. The summed E-state index contributed by atoms with van der Waals surface area (Å²) >= 11 is 0. The van der Waals surface area contributed by atoms with Gasteiger partial charge in [-0.25, -0.2) is 0 Å². The van der Waals surface area contributed by atoms with Crippen molar-refractivity contribution in [3.63, 3.8) is 0 Å². The van der Waals surface area contributed by atoms with Gasteiger partial charge in [-0.05, 0) is 19.9 Å². The van der Waals surface area contributed by atoms with Gasteiger partial charge in [-0.1, -0.05) is 5.16 Å². The molecule has 0 amide bonds. The Kier molecular flexibility index (Phi) is 3.84. The Morgan fingerprint density at radius 1 is 1.45 bits per heavy atom. The van der Waals surface area contributed by atoms with Crippen molar-refractivity contribution in [2.45, 2.75) is 38.5 Å². The average molecular weight is 275 g/mol. The highest BCUT2D eigenvalue weighted by Gasteiger charge is 2.20. The largest absolute Gasteiger partial charge is 0.360 e. The van der Waals surface area contributed by atoms with E-state index in [1.165, 1.54) is 18.4 Å². The van der Waals surface area contributed by atoms with Crippen LogP contribution in [0.2, 0.25) is 0 Å². The summed E-state index contributed by atoms with van der Waals surface area (Å²) in [6, 6.07) is 2.73. The number of nitrogens with one attached hydrogen (secondary N) is 1. The minimum atomic E-state index is 0.698. The fourth-order valence-electron chi connectivity index (χ4n) is 2.24. The van der Waals surface area contributed by atoms with E-state index in [9.17, 15) is 0 Å². The topological polar surface area (TPSA) is 59.1 Å². The number of aromatic nitrogens is 3. The molecule has 0 radical (unpaired) electrons. The molecular weight excluding hydrogens is 254 g/mol. The lowest BCUT2D eigenvalue weighted by atomic mass is 10.3. The van der Waals surface area contributed by atoms with Gasteiger partial charge >= 0.3 is 0 Å². The van der Waals surface area contributed by atoms with Gasteiger partial charge in [0.05, 0.1) is 18.4 Å². The van der Waals surface area contributed by atoms with Gasteiger partial charge in [-0.3, -0.25) is 9.58 Å². The van der Waals surface area contributed by atoms with Crippen molar-refractivity contribution in [1.29, 1.82) is 0 Å². The molecule has 0 bridgehead atoms. The van der Waals surface area contributed by atoms with E-state index >= 15 is 0 Å². The lowest BCUT2D eigenvalue weighted by Gasteiger charge is -2.12. The maximum atomic E-state index is 5.38. The number of aryl methyl sites for hydroxylation is 1. The van der Waals surface area contributed by atoms with E-state index in [4.69, 9.17) is 4.52 Å². The van der Waals surface area contributed by atoms with Gasteiger partial charge in [0.1, 0.15) is 0 Å². The molecule has 1 aliphatic carbocycles. The highest BCUT2D eigenvalue weighted by Crippen LogP contribution is 2.19. The SMILES string of the molecule is CN(Cc1cnn(C)c1)Cc1cc(CNC2CC2)no1. The molecule has 6 heteroatoms. The van der Waals surface area contributed by atoms with Crippen LogP contribution >= 0.6 is 0 Å². The minimum absolute atomic E-state index is 0.698. The molecule has 0 aromatic carbocycles. The zero-order valence-electron chi connectivity index (χ0n) is 12.0. The van der Waals surface area contributed by atoms with Crippen LogP contribution in [0.5, 0.6) is 0 Å². The van der Waals surface area contributed by atoms with E-state index < -0.39 is 0 Å². The normalized spacial score (nSPS) is 15.2. The van der Waals surface area contributed by atoms with E-state index in [0.717, 1.165) is 31.1 Å². The second kappa shape index (κ2) is 5.76. The first kappa shape index (κ1) is 13.3. The van der Waals surface area contributed by atoms with Crippen molar-refractivity contribution in [2.24, 2.45) is 7.05 Å². The summed E-state index contributed by atoms with van der Waals surface area (Å²) in [5, 5.41) is 11.7. The number of nitrogens with zero attached hydrogens (tertiary/aromatic N) is 4. The van der Waals surface area contributed by atoms with E-state index in [1.807, 2.05) is 30.2 Å². The van der Waals surface area contributed by atoms with Crippen molar-refractivity contribution in [1.82, 2.24) is 25.2 Å². The zero-order valence-corrected chi connectivity index (χ0v) is 12.0. The van der Waals surface area contributed by atoms with Gasteiger partial charge in [0, 0.05) is 44.0 Å². The van der Waals surface area contributed by atoms with E-state index in [2.05, 4.69) is 27.5 Å². The van der Waals surface area contributed by atoms with E-state index in [1.54, 1.807) is 0 Å². The maximum absolute atomic E-state index is 5.38. The highest BCUT2D eigenvalue weighted by molar-refractivity contribution is 5.07. The number of rotatable bonds is 7. The summed E-state index contributed by atoms with van der Waals surface area (Å²) in [4.78, 5) is 2.19. The van der Waals surface area contributed by atoms with Crippen molar-refractivity contribution in [3.8, 4) is 0 Å². The first-order valence-electron chi connectivity index (χ1n) is 7.03. The molecule has 108 valence electrons. The van der Waals surface area contributed by atoms with Crippen LogP contribution in [0.4, 0.5) is 0 Å². The molecule has 20 heavy (non-hydrogen) atoms. The van der Waals surface area contributed by atoms with Crippen LogP contribution in [0.3, 0.4) is 0 Å². The molecule has 0 unspecified atom stereocenters. The summed E-state index contributed by atoms with van der Waals surface area (Å²) in [6.45, 7) is 2.41. The Labute approximate surface area is 118 Å². The van der Waals surface area contributed by atoms with Gasteiger partial charge < -0.3 is 9.84 Å². The second-order valence-electron chi connectivity index (χ2n) is 5.63. The third-order valence-corrected chi connectivity index (χ3v) is 3.39. The molecular formula is C14H21N5O. The van der Waals surface area contributed by atoms with Crippen molar-refractivity contribution >= 4 is 0 Å². The number of hydrogen-bond donors (Lipinski definition) is 1. The Hall–Kier alpha value is -1.66. The standard InChI is InChI=1S/C14H21N5O/c1-18(8-11-6-16-19(2)9-11)10-14-5-13(17-20-14)7-15-12-3-4-12/h5-6,9,12,15H,3-4,7-8,10H2,1-2H3. The number of hydrogen-bond acceptors (Lipinski definition) is 5. The molecule has 0 atom stereocenters. The maximum Gasteiger partial charge on any atom is 0.151 e. The van der Waals surface area contributed by atoms with Crippen LogP contribution in [-0.2, 0) is 26.7 Å². The van der Waals surface area contributed by atoms with E-state index in [0.29, 0.717) is 6.04 Å². The minimum Gasteiger partial charge on any atom is -0.360 e. The Morgan fingerprint density at radius 2 is 2.30 bits per heavy atom. The molecule has 0 spiro atoms. The van der Waals surface area contributed by atoms with Crippen LogP contribution in [0.15, 0.2) is 23.0 Å². The van der Waals surface area contributed by atoms with Crippen LogP contribution in [0, 0.1) is 0 Å². The van der Waals surface area contributed by atoms with Crippen LogP contribution in [0.25, 0.3) is 0 Å². The smallest absolute Gasteiger partial charge is 0.151 e. The molecule has 1 saturated carbocycles. The first-order chi connectivity index (χ1) is 9.69. The fourth-order valence-corrected chi connectivity index (χ4v) is 2.24. The molecule has 6 nitrogen and oxygen atoms in total. The quantitative estimate of drug-likeness (QED) is 0.825. The monoisotopic (exact) mass is 275 g/mol. The highest BCUT2D eigenvalue weighted by atomic mass is 16.5. The van der Waals surface area contributed by atoms with Gasteiger partial charge in [0.15, 0.2) is 5.76 Å². The Balaban J connectivity index is 1.48. The summed E-state index contributed by atoms with van der Waals surface area (Å²) in [6.07, 6.45) is 6.50. The van der Waals surface area contributed by atoms with Crippen molar-refractivity contribution < 1.29 is 4.52 Å². The predicted molar refractivity (Wildman–Crippen MR) is 74.7 cm³/mol. The van der Waals surface area contributed by atoms with E-state index in [-0.39, 0.29) is 0 Å². The molecule has 0 saturated heterocycles. The summed E-state index contributed by atoms with van der Waals surface area (Å²) < 4.78 is 7.20. The predicted octanol–water partition coefficient (Wildman–Crippen LogP) is 1.29. The molecule has 3 rings (SSSR count). The molecule has 1 aliphatic rings. The van der Waals surface area contributed by atoms with Gasteiger partial charge in [-0.2, -0.15) is 5.10 Å². The van der Waals surface area contributed by atoms with Crippen LogP contribution in [-0.4, -0.2) is 32.9 Å². The third kappa shape index (κ3) is 3.68. The molecule has 2 aromatic heterocycles. The fraction of sp³-hybridized carbons (Fsp3) is 0.571. The summed E-state index contributed by atoms with van der Waals surface area (Å²) in [5.41, 5.74) is 2.19. The Bertz CT molecular complexity index is 557. The molecule has 1 fully saturated rings. The second-order valence-corrected chi connectivity index (χ2v) is 5.63. The van der Waals surface area contributed by atoms with Gasteiger partial charge in [0.2, 0.25) is 0 Å². The van der Waals surface area contributed by atoms with Gasteiger partial charge in [-0.15, -0.1) is 0 Å². The van der Waals surface area contributed by atoms with Crippen LogP contribution < -0.4 is 5.32 Å². The Morgan fingerprint density at radius 3 is 3.00 bits per heavy atom. The molecule has 0 aliphatic heterocycles. The summed E-state index contributed by atoms with van der Waals surface area (Å²) in [5.74, 6) is 0.906. The molecule has 2 heterocycles.